The standard InChI is InChI=1S/C19H18F3N3OS2/c20-19(21,22)11-5-7-12(8-6-11)26-9-10-27-18-24-16(23)15-13-3-1-2-4-14(13)28-17(15)25-18/h5-8H,1-4,9-10H2,(H2,23,24,25). The van der Waals surface area contributed by atoms with Gasteiger partial charge in [-0.15, -0.1) is 11.3 Å². The first-order valence-corrected chi connectivity index (χ1v) is 10.7. The van der Waals surface area contributed by atoms with Crippen LogP contribution in [0.3, 0.4) is 0 Å². The van der Waals surface area contributed by atoms with Gasteiger partial charge in [-0.2, -0.15) is 13.2 Å². The molecule has 0 aliphatic heterocycles. The predicted molar refractivity (Wildman–Crippen MR) is 106 cm³/mol. The summed E-state index contributed by atoms with van der Waals surface area (Å²) in [4.78, 5) is 11.4. The third kappa shape index (κ3) is 4.05. The summed E-state index contributed by atoms with van der Waals surface area (Å²) in [6, 6.07) is 4.67. The van der Waals surface area contributed by atoms with Crippen LogP contribution in [-0.2, 0) is 19.0 Å². The minimum atomic E-state index is -4.34. The van der Waals surface area contributed by atoms with E-state index in [9.17, 15) is 13.2 Å². The van der Waals surface area contributed by atoms with Crippen LogP contribution in [0.1, 0.15) is 28.8 Å². The quantitative estimate of drug-likeness (QED) is 0.340. The second-order valence-corrected chi connectivity index (χ2v) is 8.65. The summed E-state index contributed by atoms with van der Waals surface area (Å²) in [7, 11) is 0. The topological polar surface area (TPSA) is 61.0 Å². The summed E-state index contributed by atoms with van der Waals surface area (Å²) in [5.41, 5.74) is 6.81. The molecule has 2 aromatic heterocycles. The number of alkyl halides is 3. The molecule has 148 valence electrons. The van der Waals surface area contributed by atoms with Crippen LogP contribution in [0.25, 0.3) is 10.2 Å². The molecule has 1 aliphatic carbocycles. The molecule has 0 saturated carbocycles. The summed E-state index contributed by atoms with van der Waals surface area (Å²) in [6.07, 6.45) is 0.160. The van der Waals surface area contributed by atoms with E-state index in [0.29, 0.717) is 29.1 Å². The van der Waals surface area contributed by atoms with E-state index < -0.39 is 11.7 Å². The highest BCUT2D eigenvalue weighted by Crippen LogP contribution is 2.38. The van der Waals surface area contributed by atoms with E-state index in [2.05, 4.69) is 9.97 Å². The molecule has 0 spiro atoms. The van der Waals surface area contributed by atoms with Gasteiger partial charge in [0.1, 0.15) is 16.4 Å². The Morgan fingerprint density at radius 2 is 1.86 bits per heavy atom. The van der Waals surface area contributed by atoms with Gasteiger partial charge in [-0.25, -0.2) is 9.97 Å². The minimum Gasteiger partial charge on any atom is -0.493 e. The number of fused-ring (bicyclic) bond motifs is 3. The molecule has 28 heavy (non-hydrogen) atoms. The lowest BCUT2D eigenvalue weighted by atomic mass is 9.97. The molecule has 1 aliphatic rings. The number of thiophene rings is 1. The number of nitrogens with two attached hydrogens (primary N) is 1. The van der Waals surface area contributed by atoms with Gasteiger partial charge < -0.3 is 10.5 Å². The first-order valence-electron chi connectivity index (χ1n) is 8.92. The molecular weight excluding hydrogens is 407 g/mol. The molecule has 0 bridgehead atoms. The molecule has 0 atom stereocenters. The first kappa shape index (κ1) is 19.3. The van der Waals surface area contributed by atoms with E-state index in [1.807, 2.05) is 0 Å². The lowest BCUT2D eigenvalue weighted by Crippen LogP contribution is -2.05. The van der Waals surface area contributed by atoms with Gasteiger partial charge in [0.05, 0.1) is 17.6 Å². The fourth-order valence-corrected chi connectivity index (χ4v) is 5.26. The Morgan fingerprint density at radius 3 is 2.61 bits per heavy atom. The maximum absolute atomic E-state index is 12.6. The predicted octanol–water partition coefficient (Wildman–Crippen LogP) is 5.34. The molecule has 4 rings (SSSR count). The van der Waals surface area contributed by atoms with Crippen molar-refractivity contribution in [2.24, 2.45) is 0 Å². The highest BCUT2D eigenvalue weighted by Gasteiger charge is 2.30. The van der Waals surface area contributed by atoms with Gasteiger partial charge in [0.15, 0.2) is 5.16 Å². The van der Waals surface area contributed by atoms with Gasteiger partial charge in [0, 0.05) is 10.6 Å². The highest BCUT2D eigenvalue weighted by atomic mass is 32.2. The zero-order valence-electron chi connectivity index (χ0n) is 14.9. The van der Waals surface area contributed by atoms with Crippen molar-refractivity contribution in [2.45, 2.75) is 37.0 Å². The van der Waals surface area contributed by atoms with Gasteiger partial charge in [0.2, 0.25) is 0 Å². The second-order valence-electron chi connectivity index (χ2n) is 6.50. The molecule has 0 radical (unpaired) electrons. The van der Waals surface area contributed by atoms with E-state index in [0.717, 1.165) is 35.2 Å². The molecule has 9 heteroatoms. The maximum atomic E-state index is 12.6. The molecule has 1 aromatic carbocycles. The van der Waals surface area contributed by atoms with Crippen molar-refractivity contribution < 1.29 is 17.9 Å². The second kappa shape index (κ2) is 7.79. The lowest BCUT2D eigenvalue weighted by Gasteiger charge is -2.11. The summed E-state index contributed by atoms with van der Waals surface area (Å²) in [5, 5.41) is 1.60. The molecule has 3 aromatic rings. The maximum Gasteiger partial charge on any atom is 0.416 e. The number of nitrogens with zero attached hydrogens (tertiary/aromatic N) is 2. The lowest BCUT2D eigenvalue weighted by molar-refractivity contribution is -0.137. The van der Waals surface area contributed by atoms with Crippen LogP contribution in [0, 0.1) is 0 Å². The first-order chi connectivity index (χ1) is 13.4. The van der Waals surface area contributed by atoms with E-state index >= 15 is 0 Å². The van der Waals surface area contributed by atoms with Crippen LogP contribution < -0.4 is 10.5 Å². The van der Waals surface area contributed by atoms with Crippen molar-refractivity contribution in [1.82, 2.24) is 9.97 Å². The Morgan fingerprint density at radius 1 is 1.11 bits per heavy atom. The van der Waals surface area contributed by atoms with Crippen LogP contribution in [0.5, 0.6) is 5.75 Å². The number of hydrogen-bond acceptors (Lipinski definition) is 6. The molecular formula is C19H18F3N3OS2. The van der Waals surface area contributed by atoms with E-state index in [4.69, 9.17) is 10.5 Å². The molecule has 0 unspecified atom stereocenters. The van der Waals surface area contributed by atoms with Crippen LogP contribution in [-0.4, -0.2) is 22.3 Å². The Bertz CT molecular complexity index is 987. The molecule has 0 amide bonds. The van der Waals surface area contributed by atoms with Crippen molar-refractivity contribution in [3.05, 3.63) is 40.3 Å². The normalized spacial score (nSPS) is 14.2. The molecule has 0 fully saturated rings. The number of aromatic nitrogens is 2. The van der Waals surface area contributed by atoms with Crippen LogP contribution >= 0.6 is 23.1 Å². The summed E-state index contributed by atoms with van der Waals surface area (Å²) < 4.78 is 43.2. The zero-order chi connectivity index (χ0) is 19.7. The summed E-state index contributed by atoms with van der Waals surface area (Å²) >= 11 is 3.12. The van der Waals surface area contributed by atoms with Crippen molar-refractivity contribution >= 4 is 39.1 Å². The molecule has 0 saturated heterocycles. The smallest absolute Gasteiger partial charge is 0.416 e. The SMILES string of the molecule is Nc1nc(SCCOc2ccc(C(F)(F)F)cc2)nc2sc3c(c12)CCCC3. The fourth-order valence-electron chi connectivity index (χ4n) is 3.26. The van der Waals surface area contributed by atoms with Crippen LogP contribution in [0.4, 0.5) is 19.0 Å². The zero-order valence-corrected chi connectivity index (χ0v) is 16.5. The highest BCUT2D eigenvalue weighted by molar-refractivity contribution is 7.99. The van der Waals surface area contributed by atoms with Crippen molar-refractivity contribution in [1.29, 1.82) is 0 Å². The Kier molecular flexibility index (Phi) is 5.37. The number of hydrogen-bond donors (Lipinski definition) is 1. The van der Waals surface area contributed by atoms with Gasteiger partial charge >= 0.3 is 6.18 Å². The summed E-state index contributed by atoms with van der Waals surface area (Å²) in [6.45, 7) is 0.332. The number of halogens is 3. The van der Waals surface area contributed by atoms with E-state index in [1.165, 1.54) is 47.2 Å². The van der Waals surface area contributed by atoms with E-state index in [1.54, 1.807) is 11.3 Å². The number of thioether (sulfide) groups is 1. The molecule has 2 heterocycles. The number of ether oxygens (including phenoxy) is 1. The van der Waals surface area contributed by atoms with Crippen LogP contribution in [0.15, 0.2) is 29.4 Å². The minimum absolute atomic E-state index is 0.332. The van der Waals surface area contributed by atoms with Crippen molar-refractivity contribution in [3.8, 4) is 5.75 Å². The number of rotatable bonds is 5. The van der Waals surface area contributed by atoms with Gasteiger partial charge in [0.25, 0.3) is 0 Å². The number of anilines is 1. The van der Waals surface area contributed by atoms with Gasteiger partial charge in [-0.05, 0) is 55.5 Å². The Labute approximate surface area is 168 Å². The molecule has 4 nitrogen and oxygen atoms in total. The van der Waals surface area contributed by atoms with Crippen LogP contribution in [0.2, 0.25) is 0 Å². The monoisotopic (exact) mass is 425 g/mol. The average molecular weight is 426 g/mol. The average Bonchev–Trinajstić information content (AvgIpc) is 3.04. The van der Waals surface area contributed by atoms with Gasteiger partial charge in [-0.1, -0.05) is 11.8 Å². The number of benzene rings is 1. The Balaban J connectivity index is 1.37. The third-order valence-electron chi connectivity index (χ3n) is 4.59. The Hall–Kier alpha value is -2.00. The van der Waals surface area contributed by atoms with E-state index in [-0.39, 0.29) is 0 Å². The number of aryl methyl sites for hydroxylation is 2. The van der Waals surface area contributed by atoms with Gasteiger partial charge in [-0.3, -0.25) is 0 Å². The van der Waals surface area contributed by atoms with Crippen molar-refractivity contribution in [3.63, 3.8) is 0 Å². The fraction of sp³-hybridized carbons (Fsp3) is 0.368. The summed E-state index contributed by atoms with van der Waals surface area (Å²) in [5.74, 6) is 1.49. The largest absolute Gasteiger partial charge is 0.493 e. The van der Waals surface area contributed by atoms with Crippen molar-refractivity contribution in [2.75, 3.05) is 18.1 Å². The third-order valence-corrected chi connectivity index (χ3v) is 6.58. The number of nitrogen functional groups attached to an aromatic ring is 1. The molecule has 2 N–H and O–H groups in total.